The van der Waals surface area contributed by atoms with Crippen molar-refractivity contribution in [2.45, 2.75) is 6.18 Å². The monoisotopic (exact) mass is 346 g/mol. The molecule has 22 heavy (non-hydrogen) atoms. The molecule has 2 aromatic carbocycles. The van der Waals surface area contributed by atoms with Gasteiger partial charge in [0.25, 0.3) is 9.05 Å². The van der Waals surface area contributed by atoms with E-state index in [0.29, 0.717) is 11.1 Å². The average Bonchev–Trinajstić information content (AvgIpc) is 2.44. The first kappa shape index (κ1) is 16.6. The minimum Gasteiger partial charge on any atom is -0.208 e. The molecule has 0 fully saturated rings. The molecule has 0 saturated carbocycles. The molecule has 0 aliphatic carbocycles. The zero-order valence-electron chi connectivity index (χ0n) is 11.0. The van der Waals surface area contributed by atoms with Crippen LogP contribution in [-0.4, -0.2) is 8.42 Å². The van der Waals surface area contributed by atoms with Crippen LogP contribution in [0.5, 0.6) is 0 Å². The molecular formula is C15H10ClF3O2S. The molecule has 7 heteroatoms. The van der Waals surface area contributed by atoms with E-state index < -0.39 is 20.8 Å². The lowest BCUT2D eigenvalue weighted by Gasteiger charge is -2.08. The Morgan fingerprint density at radius 2 is 1.32 bits per heavy atom. The second-order valence-corrected chi connectivity index (χ2v) is 6.99. The maximum atomic E-state index is 12.5. The minimum absolute atomic E-state index is 0.611. The molecule has 0 atom stereocenters. The Morgan fingerprint density at radius 1 is 0.864 bits per heavy atom. The molecule has 2 aromatic rings. The SMILES string of the molecule is O=S(=O)(Cl)C=Cc1ccc(-c2ccc(C(F)(F)F)cc2)cc1. The third kappa shape index (κ3) is 4.61. The summed E-state index contributed by atoms with van der Waals surface area (Å²) in [5.41, 5.74) is 1.26. The molecule has 116 valence electrons. The third-order valence-electron chi connectivity index (χ3n) is 2.88. The molecule has 0 aromatic heterocycles. The predicted molar refractivity (Wildman–Crippen MR) is 80.7 cm³/mol. The maximum Gasteiger partial charge on any atom is 0.416 e. The lowest BCUT2D eigenvalue weighted by molar-refractivity contribution is -0.137. The van der Waals surface area contributed by atoms with Gasteiger partial charge in [0.1, 0.15) is 0 Å². The van der Waals surface area contributed by atoms with Gasteiger partial charge in [0.2, 0.25) is 0 Å². The number of rotatable bonds is 3. The van der Waals surface area contributed by atoms with E-state index in [1.807, 2.05) is 0 Å². The van der Waals surface area contributed by atoms with Crippen LogP contribution in [0.2, 0.25) is 0 Å². The third-order valence-corrected chi connectivity index (χ3v) is 3.65. The highest BCUT2D eigenvalue weighted by Gasteiger charge is 2.29. The van der Waals surface area contributed by atoms with Crippen LogP contribution < -0.4 is 0 Å². The van der Waals surface area contributed by atoms with E-state index in [-0.39, 0.29) is 0 Å². The van der Waals surface area contributed by atoms with E-state index >= 15 is 0 Å². The Hall–Kier alpha value is -1.79. The average molecular weight is 347 g/mol. The lowest BCUT2D eigenvalue weighted by atomic mass is 10.0. The van der Waals surface area contributed by atoms with Crippen LogP contribution in [0.3, 0.4) is 0 Å². The van der Waals surface area contributed by atoms with Crippen LogP contribution in [0.25, 0.3) is 17.2 Å². The first-order valence-corrected chi connectivity index (χ1v) is 8.43. The second-order valence-electron chi connectivity index (χ2n) is 4.48. The summed E-state index contributed by atoms with van der Waals surface area (Å²) in [6.07, 6.45) is -3.03. The van der Waals surface area contributed by atoms with E-state index in [4.69, 9.17) is 10.7 Å². The summed E-state index contributed by atoms with van der Waals surface area (Å²) in [6.45, 7) is 0. The summed E-state index contributed by atoms with van der Waals surface area (Å²) < 4.78 is 59.1. The highest BCUT2D eigenvalue weighted by molar-refractivity contribution is 8.16. The molecule has 2 nitrogen and oxygen atoms in total. The number of alkyl halides is 3. The Balaban J connectivity index is 2.22. The molecule has 0 radical (unpaired) electrons. The van der Waals surface area contributed by atoms with Crippen LogP contribution in [0.15, 0.2) is 53.9 Å². The molecule has 0 heterocycles. The van der Waals surface area contributed by atoms with Gasteiger partial charge in [-0.1, -0.05) is 36.4 Å². The zero-order chi connectivity index (χ0) is 16.4. The van der Waals surface area contributed by atoms with Gasteiger partial charge >= 0.3 is 6.18 Å². The Morgan fingerprint density at radius 3 is 1.73 bits per heavy atom. The minimum atomic E-state index is -4.36. The predicted octanol–water partition coefficient (Wildman–Crippen LogP) is 4.91. The summed E-state index contributed by atoms with van der Waals surface area (Å²) in [6, 6.07) is 11.5. The maximum absolute atomic E-state index is 12.5. The van der Waals surface area contributed by atoms with Crippen molar-refractivity contribution in [3.63, 3.8) is 0 Å². The van der Waals surface area contributed by atoms with Gasteiger partial charge in [-0.15, -0.1) is 0 Å². The van der Waals surface area contributed by atoms with Crippen LogP contribution in [-0.2, 0) is 15.2 Å². The van der Waals surface area contributed by atoms with Crippen LogP contribution >= 0.6 is 10.7 Å². The molecular weight excluding hydrogens is 337 g/mol. The highest BCUT2D eigenvalue weighted by Crippen LogP contribution is 2.31. The fourth-order valence-electron chi connectivity index (χ4n) is 1.80. The molecule has 0 spiro atoms. The number of hydrogen-bond donors (Lipinski definition) is 0. The molecule has 2 rings (SSSR count). The fraction of sp³-hybridized carbons (Fsp3) is 0.0667. The van der Waals surface area contributed by atoms with Crippen molar-refractivity contribution in [3.05, 3.63) is 65.1 Å². The van der Waals surface area contributed by atoms with E-state index in [9.17, 15) is 21.6 Å². The number of halogens is 4. The quantitative estimate of drug-likeness (QED) is 0.740. The summed E-state index contributed by atoms with van der Waals surface area (Å²) >= 11 is 0. The van der Waals surface area contributed by atoms with E-state index in [1.54, 1.807) is 24.3 Å². The van der Waals surface area contributed by atoms with Crippen molar-refractivity contribution in [1.29, 1.82) is 0 Å². The Bertz CT molecular complexity index is 777. The van der Waals surface area contributed by atoms with Gasteiger partial charge in [-0.3, -0.25) is 0 Å². The lowest BCUT2D eigenvalue weighted by Crippen LogP contribution is -2.03. The Labute approximate surface area is 130 Å². The molecule has 0 unspecified atom stereocenters. The molecule has 0 N–H and O–H groups in total. The Kier molecular flexibility index (Phi) is 4.63. The second kappa shape index (κ2) is 6.14. The van der Waals surface area contributed by atoms with Crippen molar-refractivity contribution in [3.8, 4) is 11.1 Å². The summed E-state index contributed by atoms with van der Waals surface area (Å²) in [7, 11) is 1.34. The van der Waals surface area contributed by atoms with Gasteiger partial charge in [-0.05, 0) is 34.9 Å². The molecule has 0 saturated heterocycles. The van der Waals surface area contributed by atoms with E-state index in [2.05, 4.69) is 0 Å². The van der Waals surface area contributed by atoms with Gasteiger partial charge in [0.15, 0.2) is 0 Å². The summed E-state index contributed by atoms with van der Waals surface area (Å²) in [5.74, 6) is 0. The van der Waals surface area contributed by atoms with E-state index in [0.717, 1.165) is 23.1 Å². The standard InChI is InChI=1S/C15H10ClF3O2S/c16-22(20,21)10-9-11-1-3-12(4-2-11)13-5-7-14(8-6-13)15(17,18)19/h1-10H. The van der Waals surface area contributed by atoms with Crippen LogP contribution in [0.4, 0.5) is 13.2 Å². The van der Waals surface area contributed by atoms with E-state index in [1.165, 1.54) is 18.2 Å². The highest BCUT2D eigenvalue weighted by atomic mass is 35.7. The summed E-state index contributed by atoms with van der Waals surface area (Å²) in [5, 5.41) is 0.863. The number of hydrogen-bond acceptors (Lipinski definition) is 2. The van der Waals surface area contributed by atoms with Crippen LogP contribution in [0, 0.1) is 0 Å². The van der Waals surface area contributed by atoms with Crippen molar-refractivity contribution in [1.82, 2.24) is 0 Å². The summed E-state index contributed by atoms with van der Waals surface area (Å²) in [4.78, 5) is 0. The van der Waals surface area contributed by atoms with Gasteiger partial charge < -0.3 is 0 Å². The molecule has 0 amide bonds. The largest absolute Gasteiger partial charge is 0.416 e. The normalized spacial score (nSPS) is 12.7. The van der Waals surface area contributed by atoms with Crippen molar-refractivity contribution < 1.29 is 21.6 Å². The molecule has 0 aliphatic heterocycles. The van der Waals surface area contributed by atoms with Crippen molar-refractivity contribution in [2.75, 3.05) is 0 Å². The van der Waals surface area contributed by atoms with Crippen molar-refractivity contribution >= 4 is 25.8 Å². The zero-order valence-corrected chi connectivity index (χ0v) is 12.6. The smallest absolute Gasteiger partial charge is 0.208 e. The first-order valence-electron chi connectivity index (χ1n) is 6.06. The van der Waals surface area contributed by atoms with Gasteiger partial charge in [0.05, 0.1) is 5.56 Å². The van der Waals surface area contributed by atoms with Crippen LogP contribution in [0.1, 0.15) is 11.1 Å². The first-order chi connectivity index (χ1) is 10.1. The fourth-order valence-corrected chi connectivity index (χ4v) is 2.27. The van der Waals surface area contributed by atoms with Gasteiger partial charge in [-0.2, -0.15) is 13.2 Å². The van der Waals surface area contributed by atoms with Gasteiger partial charge in [0, 0.05) is 16.1 Å². The number of benzene rings is 2. The molecule has 0 aliphatic rings. The molecule has 0 bridgehead atoms. The van der Waals surface area contributed by atoms with Gasteiger partial charge in [-0.25, -0.2) is 8.42 Å². The van der Waals surface area contributed by atoms with Crippen molar-refractivity contribution in [2.24, 2.45) is 0 Å². The topological polar surface area (TPSA) is 34.1 Å².